The molecular formula is C21H19F3N4O. The third-order valence-electron chi connectivity index (χ3n) is 4.97. The van der Waals surface area contributed by atoms with Crippen LogP contribution in [0.25, 0.3) is 11.4 Å². The monoisotopic (exact) mass is 400 g/mol. The Labute approximate surface area is 166 Å². The van der Waals surface area contributed by atoms with Crippen LogP contribution in [0.1, 0.15) is 30.1 Å². The van der Waals surface area contributed by atoms with Crippen molar-refractivity contribution in [3.63, 3.8) is 0 Å². The molecule has 0 N–H and O–H groups in total. The second-order valence-electron chi connectivity index (χ2n) is 6.80. The average Bonchev–Trinajstić information content (AvgIpc) is 3.23. The summed E-state index contributed by atoms with van der Waals surface area (Å²) in [6, 6.07) is 11.8. The lowest BCUT2D eigenvalue weighted by Gasteiger charge is -2.27. The van der Waals surface area contributed by atoms with Crippen LogP contribution in [0.4, 0.5) is 19.0 Å². The molecule has 0 radical (unpaired) electrons. The van der Waals surface area contributed by atoms with Gasteiger partial charge in [-0.3, -0.25) is 4.98 Å². The van der Waals surface area contributed by atoms with Gasteiger partial charge >= 0.3 is 6.18 Å². The Balaban J connectivity index is 1.78. The summed E-state index contributed by atoms with van der Waals surface area (Å²) in [6.45, 7) is 0.617. The van der Waals surface area contributed by atoms with Crippen LogP contribution in [0.15, 0.2) is 54.9 Å². The molecule has 29 heavy (non-hydrogen) atoms. The number of pyridine rings is 1. The number of nitrogens with zero attached hydrogens (tertiary/aromatic N) is 4. The van der Waals surface area contributed by atoms with E-state index >= 15 is 0 Å². The second-order valence-corrected chi connectivity index (χ2v) is 6.80. The average molecular weight is 400 g/mol. The van der Waals surface area contributed by atoms with Crippen molar-refractivity contribution in [2.24, 2.45) is 0 Å². The SMILES string of the molecule is COc1cccc(C2CCCN2c2cc(C(F)(F)F)nc(-c3ccncc3)n2)c1. The van der Waals surface area contributed by atoms with Gasteiger partial charge in [-0.2, -0.15) is 13.2 Å². The first-order chi connectivity index (χ1) is 14.0. The topological polar surface area (TPSA) is 51.1 Å². The molecule has 1 saturated heterocycles. The second kappa shape index (κ2) is 7.69. The summed E-state index contributed by atoms with van der Waals surface area (Å²) in [7, 11) is 1.59. The molecule has 0 amide bonds. The van der Waals surface area contributed by atoms with Gasteiger partial charge in [-0.15, -0.1) is 0 Å². The maximum absolute atomic E-state index is 13.5. The molecule has 1 aliphatic heterocycles. The summed E-state index contributed by atoms with van der Waals surface area (Å²) in [4.78, 5) is 14.1. The van der Waals surface area contributed by atoms with Crippen molar-refractivity contribution in [3.05, 3.63) is 66.1 Å². The highest BCUT2D eigenvalue weighted by Gasteiger charge is 2.36. The first-order valence-corrected chi connectivity index (χ1v) is 9.23. The highest BCUT2D eigenvalue weighted by molar-refractivity contribution is 5.58. The molecule has 2 aromatic heterocycles. The molecule has 1 atom stereocenters. The van der Waals surface area contributed by atoms with E-state index in [2.05, 4.69) is 15.0 Å². The van der Waals surface area contributed by atoms with Crippen molar-refractivity contribution in [3.8, 4) is 17.1 Å². The third kappa shape index (κ3) is 4.01. The number of ether oxygens (including phenoxy) is 1. The number of halogens is 3. The number of rotatable bonds is 4. The summed E-state index contributed by atoms with van der Waals surface area (Å²) < 4.78 is 45.9. The normalized spacial score (nSPS) is 16.8. The van der Waals surface area contributed by atoms with Crippen molar-refractivity contribution in [1.29, 1.82) is 0 Å². The van der Waals surface area contributed by atoms with E-state index in [1.807, 2.05) is 29.2 Å². The lowest BCUT2D eigenvalue weighted by Crippen LogP contribution is -2.25. The van der Waals surface area contributed by atoms with E-state index in [0.717, 1.165) is 24.5 Å². The van der Waals surface area contributed by atoms with Gasteiger partial charge in [0.1, 0.15) is 11.6 Å². The van der Waals surface area contributed by atoms with Gasteiger partial charge in [-0.25, -0.2) is 9.97 Å². The van der Waals surface area contributed by atoms with Crippen LogP contribution in [0, 0.1) is 0 Å². The largest absolute Gasteiger partial charge is 0.497 e. The zero-order valence-corrected chi connectivity index (χ0v) is 15.7. The first-order valence-electron chi connectivity index (χ1n) is 9.23. The zero-order chi connectivity index (χ0) is 20.4. The number of aromatic nitrogens is 3. The fraction of sp³-hybridized carbons (Fsp3) is 0.286. The molecule has 0 spiro atoms. The van der Waals surface area contributed by atoms with Crippen LogP contribution in [0.3, 0.4) is 0 Å². The molecule has 1 aromatic carbocycles. The summed E-state index contributed by atoms with van der Waals surface area (Å²) in [5.41, 5.74) is 0.523. The van der Waals surface area contributed by atoms with Gasteiger partial charge in [0.25, 0.3) is 0 Å². The molecule has 4 rings (SSSR count). The Morgan fingerprint density at radius 1 is 1.07 bits per heavy atom. The molecule has 5 nitrogen and oxygen atoms in total. The number of hydrogen-bond donors (Lipinski definition) is 0. The number of benzene rings is 1. The van der Waals surface area contributed by atoms with Crippen molar-refractivity contribution >= 4 is 5.82 Å². The van der Waals surface area contributed by atoms with E-state index in [4.69, 9.17) is 4.74 Å². The third-order valence-corrected chi connectivity index (χ3v) is 4.97. The number of alkyl halides is 3. The van der Waals surface area contributed by atoms with Crippen LogP contribution in [-0.2, 0) is 6.18 Å². The molecule has 3 heterocycles. The van der Waals surface area contributed by atoms with Crippen LogP contribution < -0.4 is 9.64 Å². The minimum absolute atomic E-state index is 0.0357. The van der Waals surface area contributed by atoms with Crippen molar-refractivity contribution in [2.75, 3.05) is 18.6 Å². The van der Waals surface area contributed by atoms with Gasteiger partial charge in [-0.1, -0.05) is 12.1 Å². The number of methoxy groups -OCH3 is 1. The van der Waals surface area contributed by atoms with Crippen LogP contribution in [-0.4, -0.2) is 28.6 Å². The molecule has 1 aliphatic rings. The highest BCUT2D eigenvalue weighted by atomic mass is 19.4. The van der Waals surface area contributed by atoms with Gasteiger partial charge in [0, 0.05) is 30.6 Å². The quantitative estimate of drug-likeness (QED) is 0.623. The van der Waals surface area contributed by atoms with Gasteiger partial charge in [0.05, 0.1) is 13.2 Å². The van der Waals surface area contributed by atoms with E-state index in [1.54, 1.807) is 19.2 Å². The summed E-state index contributed by atoms with van der Waals surface area (Å²) >= 11 is 0. The Morgan fingerprint density at radius 2 is 1.86 bits per heavy atom. The lowest BCUT2D eigenvalue weighted by molar-refractivity contribution is -0.141. The maximum atomic E-state index is 13.5. The summed E-state index contributed by atoms with van der Waals surface area (Å²) in [5, 5.41) is 0. The Hall–Kier alpha value is -3.16. The Morgan fingerprint density at radius 3 is 2.59 bits per heavy atom. The molecule has 3 aromatic rings. The van der Waals surface area contributed by atoms with Crippen molar-refractivity contribution < 1.29 is 17.9 Å². The maximum Gasteiger partial charge on any atom is 0.433 e. The fourth-order valence-electron chi connectivity index (χ4n) is 3.59. The van der Waals surface area contributed by atoms with Crippen molar-refractivity contribution in [1.82, 2.24) is 15.0 Å². The number of hydrogen-bond acceptors (Lipinski definition) is 5. The van der Waals surface area contributed by atoms with E-state index in [9.17, 15) is 13.2 Å². The van der Waals surface area contributed by atoms with E-state index < -0.39 is 11.9 Å². The van der Waals surface area contributed by atoms with Crippen LogP contribution >= 0.6 is 0 Å². The van der Waals surface area contributed by atoms with Gasteiger partial charge < -0.3 is 9.64 Å². The van der Waals surface area contributed by atoms with Gasteiger partial charge in [0.2, 0.25) is 0 Å². The van der Waals surface area contributed by atoms with Gasteiger partial charge in [0.15, 0.2) is 11.5 Å². The number of anilines is 1. The van der Waals surface area contributed by atoms with Gasteiger partial charge in [-0.05, 0) is 42.7 Å². The molecular weight excluding hydrogens is 381 g/mol. The van der Waals surface area contributed by atoms with E-state index in [-0.39, 0.29) is 17.7 Å². The Kier molecular flexibility index (Phi) is 5.08. The fourth-order valence-corrected chi connectivity index (χ4v) is 3.59. The van der Waals surface area contributed by atoms with Crippen LogP contribution in [0.5, 0.6) is 5.75 Å². The minimum atomic E-state index is -4.56. The van der Waals surface area contributed by atoms with E-state index in [0.29, 0.717) is 17.9 Å². The molecule has 1 unspecified atom stereocenters. The first kappa shape index (κ1) is 19.2. The molecule has 1 fully saturated rings. The van der Waals surface area contributed by atoms with Crippen molar-refractivity contribution in [2.45, 2.75) is 25.1 Å². The molecule has 0 bridgehead atoms. The predicted molar refractivity (Wildman–Crippen MR) is 103 cm³/mol. The molecule has 150 valence electrons. The highest BCUT2D eigenvalue weighted by Crippen LogP contribution is 2.39. The Bertz CT molecular complexity index is 995. The molecule has 0 aliphatic carbocycles. The summed E-state index contributed by atoms with van der Waals surface area (Å²) in [5.74, 6) is 1.02. The summed E-state index contributed by atoms with van der Waals surface area (Å²) in [6.07, 6.45) is 0.132. The van der Waals surface area contributed by atoms with Crippen LogP contribution in [0.2, 0.25) is 0 Å². The zero-order valence-electron chi connectivity index (χ0n) is 15.7. The molecule has 0 saturated carbocycles. The molecule has 8 heteroatoms. The smallest absolute Gasteiger partial charge is 0.433 e. The minimum Gasteiger partial charge on any atom is -0.497 e. The predicted octanol–water partition coefficient (Wildman–Crippen LogP) is 4.91. The lowest BCUT2D eigenvalue weighted by atomic mass is 10.0. The van der Waals surface area contributed by atoms with E-state index in [1.165, 1.54) is 12.4 Å². The standard InChI is InChI=1S/C21H19F3N4O/c1-29-16-5-2-4-15(12-16)17-6-3-11-28(17)19-13-18(21(22,23)24)26-20(27-19)14-7-9-25-10-8-14/h2,4-5,7-10,12-13,17H,3,6,11H2,1H3.